The molecule has 2 aromatic rings. The number of carbonyl (C=O) groups excluding carboxylic acids is 2. The van der Waals surface area contributed by atoms with Crippen molar-refractivity contribution in [1.82, 2.24) is 4.90 Å². The highest BCUT2D eigenvalue weighted by Gasteiger charge is 2.15. The van der Waals surface area contributed by atoms with E-state index in [9.17, 15) is 19.1 Å². The minimum atomic E-state index is -1.24. The van der Waals surface area contributed by atoms with E-state index in [4.69, 9.17) is 4.74 Å². The molecule has 0 atom stereocenters. The van der Waals surface area contributed by atoms with Gasteiger partial charge in [-0.25, -0.2) is 9.18 Å². The topological polar surface area (TPSA) is 69.7 Å². The summed E-state index contributed by atoms with van der Waals surface area (Å²) in [7, 11) is 0. The monoisotopic (exact) mass is 344 g/mol. The van der Waals surface area contributed by atoms with Gasteiger partial charge in [-0.1, -0.05) is 42.5 Å². The van der Waals surface area contributed by atoms with Crippen LogP contribution in [0, 0.1) is 5.82 Å². The van der Waals surface area contributed by atoms with E-state index >= 15 is 0 Å². The fraction of sp³-hybridized carbons (Fsp3) is 0.263. The first-order valence-corrected chi connectivity index (χ1v) is 7.94. The summed E-state index contributed by atoms with van der Waals surface area (Å²) in [6, 6.07) is 15.2. The molecule has 132 valence electrons. The van der Waals surface area contributed by atoms with Crippen molar-refractivity contribution in [3.05, 3.63) is 71.5 Å². The van der Waals surface area contributed by atoms with Crippen molar-refractivity contribution >= 4 is 12.1 Å². The maximum absolute atomic E-state index is 13.2. The van der Waals surface area contributed by atoms with Crippen molar-refractivity contribution in [2.45, 2.75) is 19.4 Å². The summed E-state index contributed by atoms with van der Waals surface area (Å²) in [5.74, 6) is -1.60. The Hall–Kier alpha value is -2.89. The first-order valence-electron chi connectivity index (χ1n) is 7.94. The first-order chi connectivity index (χ1) is 12.0. The molecular weight excluding hydrogens is 325 g/mol. The number of carbonyl (C=O) groups is 2. The molecule has 0 aromatic heterocycles. The van der Waals surface area contributed by atoms with Gasteiger partial charge in [0.25, 0.3) is 0 Å². The molecule has 0 saturated carbocycles. The van der Waals surface area contributed by atoms with Crippen LogP contribution in [0.15, 0.2) is 54.6 Å². The molecule has 0 heterocycles. The van der Waals surface area contributed by atoms with Crippen molar-refractivity contribution in [1.29, 1.82) is 0 Å². The Balaban J connectivity index is 1.93. The van der Waals surface area contributed by atoms with E-state index in [-0.39, 0.29) is 31.9 Å². The molecule has 0 radical (unpaired) electrons. The van der Waals surface area contributed by atoms with Gasteiger partial charge >= 0.3 is 6.09 Å². The van der Waals surface area contributed by atoms with Crippen LogP contribution in [0.4, 0.5) is 9.18 Å². The van der Waals surface area contributed by atoms with Gasteiger partial charge < -0.3 is 19.5 Å². The van der Waals surface area contributed by atoms with Gasteiger partial charge in [0.1, 0.15) is 12.4 Å². The molecule has 0 aliphatic heterocycles. The number of nitrogens with zero attached hydrogens (tertiary/aromatic N) is 1. The van der Waals surface area contributed by atoms with Crippen LogP contribution < -0.4 is 5.11 Å². The molecule has 0 bridgehead atoms. The van der Waals surface area contributed by atoms with E-state index in [1.54, 1.807) is 12.1 Å². The Morgan fingerprint density at radius 2 is 1.72 bits per heavy atom. The third-order valence-electron chi connectivity index (χ3n) is 3.61. The molecule has 0 aliphatic rings. The molecule has 2 rings (SSSR count). The highest BCUT2D eigenvalue weighted by Crippen LogP contribution is 2.08. The Bertz CT molecular complexity index is 706. The fourth-order valence-corrected chi connectivity index (χ4v) is 2.29. The van der Waals surface area contributed by atoms with Crippen LogP contribution in [0.25, 0.3) is 0 Å². The number of hydrogen-bond donors (Lipinski definition) is 0. The van der Waals surface area contributed by atoms with Crippen molar-refractivity contribution in [3.63, 3.8) is 0 Å². The Morgan fingerprint density at radius 3 is 2.40 bits per heavy atom. The first kappa shape index (κ1) is 18.4. The van der Waals surface area contributed by atoms with E-state index < -0.39 is 12.1 Å². The van der Waals surface area contributed by atoms with Gasteiger partial charge in [-0.15, -0.1) is 0 Å². The van der Waals surface area contributed by atoms with Crippen LogP contribution in [-0.4, -0.2) is 30.1 Å². The molecule has 25 heavy (non-hydrogen) atoms. The second kappa shape index (κ2) is 9.42. The van der Waals surface area contributed by atoms with E-state index in [0.29, 0.717) is 12.0 Å². The number of halogens is 1. The average molecular weight is 344 g/mol. The highest BCUT2D eigenvalue weighted by atomic mass is 19.1. The summed E-state index contributed by atoms with van der Waals surface area (Å²) in [5.41, 5.74) is 1.55. The minimum absolute atomic E-state index is 0.0225. The number of hydrogen-bond acceptors (Lipinski definition) is 4. The van der Waals surface area contributed by atoms with Crippen molar-refractivity contribution in [3.8, 4) is 0 Å². The standard InChI is InChI=1S/C19H20FNO4/c20-17-8-4-7-15(13-17)9-11-21(12-10-18(22)23)19(24)25-14-16-5-2-1-3-6-16/h1-8,13H,9-12,14H2,(H,22,23)/p-1. The number of aliphatic carboxylic acids is 1. The fourth-order valence-electron chi connectivity index (χ4n) is 2.29. The summed E-state index contributed by atoms with van der Waals surface area (Å²) in [5, 5.41) is 10.7. The van der Waals surface area contributed by atoms with E-state index in [1.807, 2.05) is 30.3 Å². The van der Waals surface area contributed by atoms with Crippen LogP contribution in [0.1, 0.15) is 17.5 Å². The summed E-state index contributed by atoms with van der Waals surface area (Å²) < 4.78 is 18.5. The lowest BCUT2D eigenvalue weighted by atomic mass is 10.1. The third kappa shape index (κ3) is 6.63. The van der Waals surface area contributed by atoms with E-state index in [1.165, 1.54) is 17.0 Å². The van der Waals surface area contributed by atoms with Gasteiger partial charge in [0.15, 0.2) is 0 Å². The lowest BCUT2D eigenvalue weighted by Crippen LogP contribution is -2.37. The molecule has 1 amide bonds. The SMILES string of the molecule is O=C([O-])CCN(CCc1cccc(F)c1)C(=O)OCc1ccccc1. The molecule has 0 unspecified atom stereocenters. The molecular formula is C19H19FNO4-. The minimum Gasteiger partial charge on any atom is -0.550 e. The second-order valence-electron chi connectivity index (χ2n) is 5.53. The number of carboxylic acids is 1. The Kier molecular flexibility index (Phi) is 6.95. The molecule has 0 saturated heterocycles. The maximum atomic E-state index is 13.2. The molecule has 0 spiro atoms. The van der Waals surface area contributed by atoms with Gasteiger partial charge in [-0.2, -0.15) is 0 Å². The normalized spacial score (nSPS) is 10.3. The smallest absolute Gasteiger partial charge is 0.410 e. The Labute approximate surface area is 145 Å². The van der Waals surface area contributed by atoms with Crippen LogP contribution in [0.2, 0.25) is 0 Å². The zero-order chi connectivity index (χ0) is 18.1. The van der Waals surface area contributed by atoms with Crippen LogP contribution in [-0.2, 0) is 22.6 Å². The van der Waals surface area contributed by atoms with E-state index in [2.05, 4.69) is 0 Å². The van der Waals surface area contributed by atoms with Crippen molar-refractivity contribution < 1.29 is 23.8 Å². The summed E-state index contributed by atoms with van der Waals surface area (Å²) in [6.45, 7) is 0.303. The maximum Gasteiger partial charge on any atom is 0.410 e. The largest absolute Gasteiger partial charge is 0.550 e. The van der Waals surface area contributed by atoms with Crippen molar-refractivity contribution in [2.75, 3.05) is 13.1 Å². The van der Waals surface area contributed by atoms with Crippen LogP contribution in [0.3, 0.4) is 0 Å². The number of ether oxygens (including phenoxy) is 1. The number of carboxylic acid groups (broad SMARTS) is 1. The lowest BCUT2D eigenvalue weighted by Gasteiger charge is -2.22. The van der Waals surface area contributed by atoms with Gasteiger partial charge in [-0.3, -0.25) is 0 Å². The molecule has 6 heteroatoms. The van der Waals surface area contributed by atoms with Gasteiger partial charge in [-0.05, 0) is 29.7 Å². The molecule has 0 aliphatic carbocycles. The van der Waals surface area contributed by atoms with Crippen LogP contribution >= 0.6 is 0 Å². The average Bonchev–Trinajstić information content (AvgIpc) is 2.60. The van der Waals surface area contributed by atoms with E-state index in [0.717, 1.165) is 5.56 Å². The quantitative estimate of drug-likeness (QED) is 0.736. The predicted molar refractivity (Wildman–Crippen MR) is 87.9 cm³/mol. The Morgan fingerprint density at radius 1 is 1.00 bits per heavy atom. The zero-order valence-corrected chi connectivity index (χ0v) is 13.7. The number of amides is 1. The summed E-state index contributed by atoms with van der Waals surface area (Å²) >= 11 is 0. The molecule has 0 fully saturated rings. The molecule has 5 nitrogen and oxygen atoms in total. The van der Waals surface area contributed by atoms with Crippen LogP contribution in [0.5, 0.6) is 0 Å². The summed E-state index contributed by atoms with van der Waals surface area (Å²) in [4.78, 5) is 24.2. The zero-order valence-electron chi connectivity index (χ0n) is 13.7. The molecule has 0 N–H and O–H groups in total. The number of benzene rings is 2. The lowest BCUT2D eigenvalue weighted by molar-refractivity contribution is -0.305. The highest BCUT2D eigenvalue weighted by molar-refractivity contribution is 5.69. The van der Waals surface area contributed by atoms with Gasteiger partial charge in [0.2, 0.25) is 0 Å². The predicted octanol–water partition coefficient (Wildman–Crippen LogP) is 2.15. The second-order valence-corrected chi connectivity index (χ2v) is 5.53. The number of rotatable bonds is 8. The van der Waals surface area contributed by atoms with Gasteiger partial charge in [0, 0.05) is 25.5 Å². The third-order valence-corrected chi connectivity index (χ3v) is 3.61. The molecule has 2 aromatic carbocycles. The summed E-state index contributed by atoms with van der Waals surface area (Å²) in [6.07, 6.45) is -0.504. The van der Waals surface area contributed by atoms with Crippen molar-refractivity contribution in [2.24, 2.45) is 0 Å². The van der Waals surface area contributed by atoms with Gasteiger partial charge in [0.05, 0.1) is 0 Å².